The number of benzene rings is 1. The molecule has 1 saturated carbocycles. The summed E-state index contributed by atoms with van der Waals surface area (Å²) < 4.78 is 7.57. The third-order valence-electron chi connectivity index (χ3n) is 6.33. The first-order chi connectivity index (χ1) is 14.2. The van der Waals surface area contributed by atoms with E-state index in [0.29, 0.717) is 19.3 Å². The van der Waals surface area contributed by atoms with Crippen LogP contribution in [0.15, 0.2) is 29.1 Å². The average molecular weight is 395 g/mol. The lowest BCUT2D eigenvalue weighted by molar-refractivity contribution is -0.933. The molecule has 0 unspecified atom stereocenters. The Hall–Kier alpha value is -2.58. The number of quaternary nitrogens is 1. The van der Waals surface area contributed by atoms with E-state index in [1.807, 2.05) is 23.7 Å². The Morgan fingerprint density at radius 3 is 2.79 bits per heavy atom. The number of hydrogen-bond acceptors (Lipinski definition) is 5. The number of aryl methyl sites for hydroxylation is 1. The molecule has 29 heavy (non-hydrogen) atoms. The minimum absolute atomic E-state index is 0.0620. The van der Waals surface area contributed by atoms with Gasteiger partial charge >= 0.3 is 0 Å². The van der Waals surface area contributed by atoms with E-state index in [1.165, 1.54) is 17.7 Å². The van der Waals surface area contributed by atoms with Gasteiger partial charge in [0.1, 0.15) is 13.1 Å². The number of aromatic nitrogens is 5. The Balaban J connectivity index is 1.65. The lowest BCUT2D eigenvalue weighted by atomic mass is 10.0. The third kappa shape index (κ3) is 3.47. The van der Waals surface area contributed by atoms with E-state index in [9.17, 15) is 4.79 Å². The number of morpholine rings is 1. The molecule has 1 aromatic carbocycles. The Morgan fingerprint density at radius 1 is 1.21 bits per heavy atom. The van der Waals surface area contributed by atoms with Crippen LogP contribution < -0.4 is 10.5 Å². The van der Waals surface area contributed by atoms with Crippen molar-refractivity contribution >= 4 is 10.9 Å². The van der Waals surface area contributed by atoms with Crippen LogP contribution in [0.1, 0.15) is 54.7 Å². The van der Waals surface area contributed by atoms with Crippen LogP contribution in [0, 0.1) is 6.92 Å². The van der Waals surface area contributed by atoms with Crippen LogP contribution >= 0.6 is 0 Å². The van der Waals surface area contributed by atoms with Gasteiger partial charge in [-0.3, -0.25) is 4.79 Å². The van der Waals surface area contributed by atoms with Crippen molar-refractivity contribution in [2.45, 2.75) is 44.7 Å². The van der Waals surface area contributed by atoms with Gasteiger partial charge in [0.05, 0.1) is 24.8 Å². The first kappa shape index (κ1) is 18.4. The largest absolute Gasteiger partial charge is 0.370 e. The second kappa shape index (κ2) is 7.68. The number of H-pyrrole nitrogens is 1. The molecule has 2 aliphatic rings. The molecule has 0 amide bonds. The normalized spacial score (nSPS) is 19.8. The highest BCUT2D eigenvalue weighted by Gasteiger charge is 2.36. The number of tetrazole rings is 1. The molecule has 0 radical (unpaired) electrons. The Labute approximate surface area is 168 Å². The second-order valence-corrected chi connectivity index (χ2v) is 8.27. The van der Waals surface area contributed by atoms with Crippen molar-refractivity contribution in [2.75, 3.05) is 26.3 Å². The molecule has 5 rings (SSSR count). The molecule has 152 valence electrons. The van der Waals surface area contributed by atoms with Crippen molar-refractivity contribution in [3.63, 3.8) is 0 Å². The lowest BCUT2D eigenvalue weighted by Gasteiger charge is -2.31. The van der Waals surface area contributed by atoms with E-state index in [-0.39, 0.29) is 11.6 Å². The highest BCUT2D eigenvalue weighted by atomic mass is 16.5. The van der Waals surface area contributed by atoms with Crippen molar-refractivity contribution in [2.24, 2.45) is 0 Å². The van der Waals surface area contributed by atoms with E-state index in [0.717, 1.165) is 53.8 Å². The van der Waals surface area contributed by atoms with Gasteiger partial charge in [0.15, 0.2) is 6.04 Å². The maximum absolute atomic E-state index is 13.2. The van der Waals surface area contributed by atoms with Crippen molar-refractivity contribution in [3.8, 4) is 0 Å². The Morgan fingerprint density at radius 2 is 2.00 bits per heavy atom. The van der Waals surface area contributed by atoms with Gasteiger partial charge in [0, 0.05) is 5.52 Å². The maximum atomic E-state index is 13.2. The molecule has 2 aromatic heterocycles. The maximum Gasteiger partial charge on any atom is 0.258 e. The van der Waals surface area contributed by atoms with Gasteiger partial charge in [-0.25, -0.2) is 4.68 Å². The molecule has 0 bridgehead atoms. The first-order valence-corrected chi connectivity index (χ1v) is 10.5. The molecule has 1 aliphatic heterocycles. The zero-order valence-electron chi connectivity index (χ0n) is 16.7. The molecular formula is C21H27N6O2+. The quantitative estimate of drug-likeness (QED) is 0.686. The minimum atomic E-state index is -0.205. The van der Waals surface area contributed by atoms with Gasteiger partial charge in [-0.1, -0.05) is 25.0 Å². The molecular weight excluding hydrogens is 368 g/mol. The average Bonchev–Trinajstić information content (AvgIpc) is 3.41. The third-order valence-corrected chi connectivity index (χ3v) is 6.33. The van der Waals surface area contributed by atoms with E-state index in [4.69, 9.17) is 4.74 Å². The second-order valence-electron chi connectivity index (χ2n) is 8.27. The van der Waals surface area contributed by atoms with Crippen LogP contribution in [0.5, 0.6) is 0 Å². The fourth-order valence-electron chi connectivity index (χ4n) is 4.81. The summed E-state index contributed by atoms with van der Waals surface area (Å²) in [4.78, 5) is 17.5. The van der Waals surface area contributed by atoms with Crippen molar-refractivity contribution in [1.82, 2.24) is 25.2 Å². The molecule has 0 spiro atoms. The summed E-state index contributed by atoms with van der Waals surface area (Å²) in [5.41, 5.74) is 2.66. The zero-order chi connectivity index (χ0) is 19.8. The fourth-order valence-corrected chi connectivity index (χ4v) is 4.81. The summed E-state index contributed by atoms with van der Waals surface area (Å²) >= 11 is 0. The van der Waals surface area contributed by atoms with Gasteiger partial charge in [-0.15, -0.1) is 5.10 Å². The van der Waals surface area contributed by atoms with Gasteiger partial charge in [0.25, 0.3) is 5.56 Å². The predicted octanol–water partition coefficient (Wildman–Crippen LogP) is 0.943. The summed E-state index contributed by atoms with van der Waals surface area (Å²) in [6.07, 6.45) is 4.59. The minimum Gasteiger partial charge on any atom is -0.370 e. The van der Waals surface area contributed by atoms with Crippen LogP contribution in [-0.2, 0) is 4.74 Å². The summed E-state index contributed by atoms with van der Waals surface area (Å²) in [6, 6.07) is 8.29. The zero-order valence-corrected chi connectivity index (χ0v) is 16.7. The van der Waals surface area contributed by atoms with E-state index >= 15 is 0 Å². The van der Waals surface area contributed by atoms with Crippen LogP contribution in [0.2, 0.25) is 0 Å². The molecule has 1 atom stereocenters. The highest BCUT2D eigenvalue weighted by molar-refractivity contribution is 5.79. The topological polar surface area (TPSA) is 90.1 Å². The lowest BCUT2D eigenvalue weighted by Crippen LogP contribution is -3.14. The van der Waals surface area contributed by atoms with Crippen LogP contribution in [0.25, 0.3) is 10.9 Å². The fraction of sp³-hybridized carbons (Fsp3) is 0.524. The number of fused-ring (bicyclic) bond motifs is 1. The molecule has 1 saturated heterocycles. The number of nitrogens with one attached hydrogen (secondary N) is 2. The van der Waals surface area contributed by atoms with E-state index in [1.54, 1.807) is 0 Å². The molecule has 2 N–H and O–H groups in total. The monoisotopic (exact) mass is 395 g/mol. The number of ether oxygens (including phenoxy) is 1. The molecule has 1 aliphatic carbocycles. The van der Waals surface area contributed by atoms with Crippen molar-refractivity contribution in [3.05, 3.63) is 51.6 Å². The van der Waals surface area contributed by atoms with E-state index < -0.39 is 0 Å². The van der Waals surface area contributed by atoms with Gasteiger partial charge in [0.2, 0.25) is 5.82 Å². The number of aromatic amines is 1. The van der Waals surface area contributed by atoms with Gasteiger partial charge in [-0.2, -0.15) is 0 Å². The molecule has 8 nitrogen and oxygen atoms in total. The number of nitrogens with zero attached hydrogens (tertiary/aromatic N) is 4. The SMILES string of the molecule is Cc1ccc2cc([C@@H](c3nnnn3C3CCCC3)[NH+]3CCOCC3)c(=O)[nH]c2c1. The molecule has 2 fully saturated rings. The van der Waals surface area contributed by atoms with Crippen LogP contribution in [0.3, 0.4) is 0 Å². The highest BCUT2D eigenvalue weighted by Crippen LogP contribution is 2.31. The smallest absolute Gasteiger partial charge is 0.258 e. The van der Waals surface area contributed by atoms with Crippen molar-refractivity contribution in [1.29, 1.82) is 0 Å². The number of pyridine rings is 1. The number of hydrogen-bond donors (Lipinski definition) is 2. The van der Waals surface area contributed by atoms with E-state index in [2.05, 4.69) is 32.6 Å². The molecule has 3 heterocycles. The molecule has 3 aromatic rings. The summed E-state index contributed by atoms with van der Waals surface area (Å²) in [6.45, 7) is 5.05. The summed E-state index contributed by atoms with van der Waals surface area (Å²) in [7, 11) is 0. The Kier molecular flexibility index (Phi) is 4.89. The molecule has 8 heteroatoms. The first-order valence-electron chi connectivity index (χ1n) is 10.5. The van der Waals surface area contributed by atoms with Crippen molar-refractivity contribution < 1.29 is 9.64 Å². The Bertz CT molecular complexity index is 1060. The predicted molar refractivity (Wildman–Crippen MR) is 108 cm³/mol. The van der Waals surface area contributed by atoms with Crippen LogP contribution in [0.4, 0.5) is 0 Å². The summed E-state index contributed by atoms with van der Waals surface area (Å²) in [5.74, 6) is 0.797. The van der Waals surface area contributed by atoms with Gasteiger partial charge in [-0.05, 0) is 53.3 Å². The number of rotatable bonds is 4. The summed E-state index contributed by atoms with van der Waals surface area (Å²) in [5, 5.41) is 13.8. The van der Waals surface area contributed by atoms with Gasteiger partial charge < -0.3 is 14.6 Å². The van der Waals surface area contributed by atoms with Crippen LogP contribution in [-0.4, -0.2) is 51.5 Å². The standard InChI is InChI=1S/C21H26N6O2/c1-14-6-7-15-13-17(21(28)22-18(15)12-14)19(26-8-10-29-11-9-26)20-23-24-25-27(20)16-4-2-3-5-16/h6-7,12-13,16,19H,2-5,8-11H2,1H3,(H,22,28)/p+1/t19-/m0/s1.